The van der Waals surface area contributed by atoms with E-state index in [1.807, 2.05) is 0 Å². The molecule has 0 bridgehead atoms. The summed E-state index contributed by atoms with van der Waals surface area (Å²) in [5.74, 6) is 0. The summed E-state index contributed by atoms with van der Waals surface area (Å²) in [7, 11) is 0. The molecule has 3 radical (unpaired) electrons. The molecule has 0 saturated carbocycles. The summed E-state index contributed by atoms with van der Waals surface area (Å²) in [6.07, 6.45) is 0. The summed E-state index contributed by atoms with van der Waals surface area (Å²) in [6, 6.07) is 0. The van der Waals surface area contributed by atoms with Crippen LogP contribution in [0.25, 0.3) is 0 Å². The van der Waals surface area contributed by atoms with Crippen LogP contribution in [0.15, 0.2) is 0 Å². The van der Waals surface area contributed by atoms with Gasteiger partial charge in [0, 0.05) is 84.4 Å². The van der Waals surface area contributed by atoms with Crippen molar-refractivity contribution in [3.8, 4) is 0 Å². The van der Waals surface area contributed by atoms with Gasteiger partial charge in [0.05, 0.1) is 0 Å². The number of rotatable bonds is 0. The van der Waals surface area contributed by atoms with Crippen LogP contribution in [-0.4, -0.2) is 0 Å². The van der Waals surface area contributed by atoms with Crippen molar-refractivity contribution in [2.75, 3.05) is 0 Å². The molecule has 21 valence electrons. The van der Waals surface area contributed by atoms with Crippen LogP contribution in [0.2, 0.25) is 0 Å². The minimum absolute atomic E-state index is 0. The molecule has 0 fully saturated rings. The molecule has 4 heavy (non-hydrogen) atoms. The van der Waals surface area contributed by atoms with Crippen molar-refractivity contribution in [2.45, 2.75) is 0 Å². The van der Waals surface area contributed by atoms with Crippen LogP contribution < -0.4 is 0 Å². The molecule has 0 saturated heterocycles. The molecule has 0 aromatic heterocycles. The molecule has 0 aliphatic heterocycles. The molecular weight excluding hydrogens is 509 g/mol. The molecule has 0 N–H and O–H groups in total. The van der Waals surface area contributed by atoms with Gasteiger partial charge < -0.3 is 0 Å². The zero-order valence-electron chi connectivity index (χ0n) is 1.75. The third-order valence-electron chi connectivity index (χ3n) is 0. The number of hydrogen-bond acceptors (Lipinski definition) is 0. The largest absolute Gasteiger partial charge is 0 e. The Kier molecular flexibility index (Phi) is 126. The normalized spacial score (nSPS) is 0. The summed E-state index contributed by atoms with van der Waals surface area (Å²) in [4.78, 5) is 0. The van der Waals surface area contributed by atoms with Crippen molar-refractivity contribution in [3.63, 3.8) is 0 Å². The van der Waals surface area contributed by atoms with E-state index in [-0.39, 0.29) is 84.4 Å². The Labute approximate surface area is 83.0 Å². The van der Waals surface area contributed by atoms with Gasteiger partial charge in [-0.3, -0.25) is 0 Å². The summed E-state index contributed by atoms with van der Waals surface area (Å²) in [5.41, 5.74) is 0. The second-order valence-electron chi connectivity index (χ2n) is 0. The van der Waals surface area contributed by atoms with E-state index in [1.165, 1.54) is 0 Å². The fourth-order valence-corrected chi connectivity index (χ4v) is 0. The first kappa shape index (κ1) is 29.5. The van der Waals surface area contributed by atoms with E-state index >= 15 is 0 Å². The van der Waals surface area contributed by atoms with Gasteiger partial charge in [-0.2, -0.15) is 0 Å². The third-order valence-corrected chi connectivity index (χ3v) is 0. The Balaban J connectivity index is 0. The average Bonchev–Trinajstić information content (AvgIpc) is 0. The summed E-state index contributed by atoms with van der Waals surface area (Å²) in [5, 5.41) is 0. The van der Waals surface area contributed by atoms with Crippen LogP contribution in [-0.2, 0) is 84.4 Å². The quantitative estimate of drug-likeness (QED) is 0.404. The maximum absolute atomic E-state index is 0. The zero-order chi connectivity index (χ0) is 0. The molecular formula is NbTaVW. The van der Waals surface area contributed by atoms with E-state index in [2.05, 4.69) is 0 Å². The van der Waals surface area contributed by atoms with Crippen LogP contribution in [0, 0.1) is 0 Å². The van der Waals surface area contributed by atoms with E-state index in [1.54, 1.807) is 0 Å². The van der Waals surface area contributed by atoms with Gasteiger partial charge in [0.25, 0.3) is 0 Å². The van der Waals surface area contributed by atoms with Gasteiger partial charge in [-0.15, -0.1) is 0 Å². The molecule has 0 aliphatic rings. The van der Waals surface area contributed by atoms with Crippen LogP contribution in [0.3, 0.4) is 0 Å². The molecule has 0 aromatic carbocycles. The smallest absolute Gasteiger partial charge is 0 e. The van der Waals surface area contributed by atoms with Gasteiger partial charge >= 0.3 is 0 Å². The van der Waals surface area contributed by atoms with Gasteiger partial charge in [0.15, 0.2) is 0 Å². The Hall–Kier alpha value is 2.75. The summed E-state index contributed by atoms with van der Waals surface area (Å²) in [6.45, 7) is 0. The van der Waals surface area contributed by atoms with Gasteiger partial charge in [0.1, 0.15) is 0 Å². The third kappa shape index (κ3) is 8.83. The molecule has 0 amide bonds. The Morgan fingerprint density at radius 2 is 1.00 bits per heavy atom. The van der Waals surface area contributed by atoms with Gasteiger partial charge in [-0.1, -0.05) is 0 Å². The van der Waals surface area contributed by atoms with Crippen molar-refractivity contribution in [2.24, 2.45) is 0 Å². The van der Waals surface area contributed by atoms with Crippen molar-refractivity contribution in [3.05, 3.63) is 0 Å². The molecule has 0 atom stereocenters. The van der Waals surface area contributed by atoms with Crippen molar-refractivity contribution >= 4 is 0 Å². The maximum Gasteiger partial charge on any atom is 0 e. The second-order valence-corrected chi connectivity index (χ2v) is 0. The topological polar surface area (TPSA) is 0 Å². The fraction of sp³-hybridized carbons (Fsp3) is 0. The van der Waals surface area contributed by atoms with E-state index in [0.717, 1.165) is 0 Å². The molecule has 0 nitrogen and oxygen atoms in total. The van der Waals surface area contributed by atoms with Crippen molar-refractivity contribution in [1.82, 2.24) is 0 Å². The molecule has 4 heteroatoms. The predicted molar refractivity (Wildman–Crippen MR) is 0 cm³/mol. The van der Waals surface area contributed by atoms with E-state index in [9.17, 15) is 0 Å². The van der Waals surface area contributed by atoms with Gasteiger partial charge in [0.2, 0.25) is 0 Å². The van der Waals surface area contributed by atoms with E-state index < -0.39 is 0 Å². The van der Waals surface area contributed by atoms with Crippen LogP contribution in [0.1, 0.15) is 0 Å². The minimum Gasteiger partial charge on any atom is 0 e. The van der Waals surface area contributed by atoms with E-state index in [4.69, 9.17) is 0 Å². The predicted octanol–water partition coefficient (Wildman–Crippen LogP) is -0.0100. The molecule has 0 unspecified atom stereocenters. The van der Waals surface area contributed by atoms with Crippen molar-refractivity contribution in [1.29, 1.82) is 0 Å². The molecule has 0 rings (SSSR count). The number of hydrogen-bond donors (Lipinski definition) is 0. The fourth-order valence-electron chi connectivity index (χ4n) is 0. The summed E-state index contributed by atoms with van der Waals surface area (Å²) < 4.78 is 0. The molecule has 0 heterocycles. The monoisotopic (exact) mass is 509 g/mol. The van der Waals surface area contributed by atoms with E-state index in [0.29, 0.717) is 0 Å². The van der Waals surface area contributed by atoms with Crippen LogP contribution in [0.5, 0.6) is 0 Å². The first-order valence-corrected chi connectivity index (χ1v) is 0. The van der Waals surface area contributed by atoms with Crippen molar-refractivity contribution < 1.29 is 84.4 Å². The molecule has 0 spiro atoms. The second kappa shape index (κ2) is 17.1. The Bertz CT molecular complexity index is 8.00. The SMILES string of the molecule is [Nb].[Ta].[V].[W]. The standard InChI is InChI=1S/Nb.Ta.V.W. The Morgan fingerprint density at radius 1 is 1.00 bits per heavy atom. The van der Waals surface area contributed by atoms with Crippen LogP contribution in [0.4, 0.5) is 0 Å². The Morgan fingerprint density at radius 3 is 1.00 bits per heavy atom. The maximum atomic E-state index is 0. The first-order chi connectivity index (χ1) is 0. The van der Waals surface area contributed by atoms with Crippen LogP contribution >= 0.6 is 0 Å². The molecule has 0 aromatic rings. The average molecular weight is 509 g/mol. The first-order valence-electron chi connectivity index (χ1n) is 0. The van der Waals surface area contributed by atoms with Gasteiger partial charge in [-0.25, -0.2) is 0 Å². The zero-order valence-corrected chi connectivity index (χ0v) is 11.5. The molecule has 0 aliphatic carbocycles. The summed E-state index contributed by atoms with van der Waals surface area (Å²) >= 11 is 0. The van der Waals surface area contributed by atoms with Gasteiger partial charge in [-0.05, 0) is 0 Å². The minimum atomic E-state index is 0.